The van der Waals surface area contributed by atoms with Gasteiger partial charge < -0.3 is 4.90 Å². The molecule has 2 atom stereocenters. The van der Waals surface area contributed by atoms with E-state index in [0.717, 1.165) is 31.4 Å². The maximum absolute atomic E-state index is 3.42. The van der Waals surface area contributed by atoms with Gasteiger partial charge in [-0.1, -0.05) is 136 Å². The molecule has 0 amide bonds. The molecule has 0 N–H and O–H groups in total. The van der Waals surface area contributed by atoms with Gasteiger partial charge in [-0.25, -0.2) is 0 Å². The number of hydrogen-bond acceptors (Lipinski definition) is 1. The average Bonchev–Trinajstić information content (AvgIpc) is 3.35. The van der Waals surface area contributed by atoms with Gasteiger partial charge in [-0.05, 0) is 91.3 Å². The third kappa shape index (κ3) is 5.55. The lowest BCUT2D eigenvalue weighted by molar-refractivity contribution is 0.653. The lowest BCUT2D eigenvalue weighted by Gasteiger charge is -2.32. The number of hydrogen-bond donors (Lipinski definition) is 0. The van der Waals surface area contributed by atoms with Crippen molar-refractivity contribution >= 4 is 5.69 Å². The Morgan fingerprint density at radius 2 is 1.83 bits per heavy atom. The van der Waals surface area contributed by atoms with Crippen LogP contribution in [0, 0.1) is 5.92 Å². The lowest BCUT2D eigenvalue weighted by atomic mass is 9.81. The normalized spacial score (nSPS) is 22.9. The van der Waals surface area contributed by atoms with E-state index in [-0.39, 0.29) is 10.8 Å². The molecule has 4 aliphatic rings. The second-order valence-corrected chi connectivity index (χ2v) is 13.0. The van der Waals surface area contributed by atoms with E-state index in [0.29, 0.717) is 5.92 Å². The van der Waals surface area contributed by atoms with Gasteiger partial charge in [0.1, 0.15) is 0 Å². The molecule has 0 radical (unpaired) electrons. The van der Waals surface area contributed by atoms with E-state index in [9.17, 15) is 0 Å². The van der Waals surface area contributed by atoms with Crippen molar-refractivity contribution in [2.45, 2.75) is 64.7 Å². The van der Waals surface area contributed by atoms with Crippen LogP contribution in [-0.2, 0) is 10.8 Å². The Morgan fingerprint density at radius 1 is 0.978 bits per heavy atom. The molecule has 1 nitrogen and oxygen atoms in total. The van der Waals surface area contributed by atoms with Gasteiger partial charge in [0.2, 0.25) is 0 Å². The molecule has 46 heavy (non-hydrogen) atoms. The number of nitrogens with zero attached hydrogens (tertiary/aromatic N) is 1. The highest BCUT2D eigenvalue weighted by molar-refractivity contribution is 5.89. The molecule has 0 spiro atoms. The van der Waals surface area contributed by atoms with E-state index >= 15 is 0 Å². The molecular weight excluding hydrogens is 555 g/mol. The van der Waals surface area contributed by atoms with Crippen molar-refractivity contribution in [1.82, 2.24) is 0 Å². The van der Waals surface area contributed by atoms with E-state index in [2.05, 4.69) is 179 Å². The molecule has 0 saturated carbocycles. The van der Waals surface area contributed by atoms with Gasteiger partial charge in [-0.15, -0.1) is 5.73 Å². The van der Waals surface area contributed by atoms with E-state index in [1.165, 1.54) is 44.8 Å². The zero-order chi connectivity index (χ0) is 32.1. The second-order valence-electron chi connectivity index (χ2n) is 13.0. The van der Waals surface area contributed by atoms with E-state index in [4.69, 9.17) is 0 Å². The Labute approximate surface area is 277 Å². The first kappa shape index (κ1) is 31.4. The average molecular weight is 602 g/mol. The minimum atomic E-state index is -0.233. The van der Waals surface area contributed by atoms with E-state index in [1.54, 1.807) is 0 Å². The summed E-state index contributed by atoms with van der Waals surface area (Å²) in [5.74, 6) is 0.455. The first-order valence-corrected chi connectivity index (χ1v) is 17.0. The molecule has 0 aromatic heterocycles. The summed E-state index contributed by atoms with van der Waals surface area (Å²) in [6, 6.07) is 18.2. The Hall–Kier alpha value is -4.58. The lowest BCUT2D eigenvalue weighted by Crippen LogP contribution is -2.27. The summed E-state index contributed by atoms with van der Waals surface area (Å²) >= 11 is 0. The van der Waals surface area contributed by atoms with Gasteiger partial charge in [0, 0.05) is 34.8 Å². The van der Waals surface area contributed by atoms with Gasteiger partial charge in [-0.2, -0.15) is 0 Å². The van der Waals surface area contributed by atoms with Crippen molar-refractivity contribution in [2.75, 3.05) is 11.4 Å². The predicted octanol–water partition coefficient (Wildman–Crippen LogP) is 11.5. The first-order chi connectivity index (χ1) is 22.5. The van der Waals surface area contributed by atoms with Gasteiger partial charge in [-0.3, -0.25) is 0 Å². The summed E-state index contributed by atoms with van der Waals surface area (Å²) in [7, 11) is 0. The number of anilines is 1. The summed E-state index contributed by atoms with van der Waals surface area (Å²) in [6.45, 7) is 12.1. The number of fused-ring (bicyclic) bond motifs is 3. The molecule has 6 rings (SSSR count). The molecule has 0 aliphatic heterocycles. The Bertz CT molecular complexity index is 1820. The topological polar surface area (TPSA) is 3.24 Å². The Balaban J connectivity index is 1.56. The number of rotatable bonds is 12. The van der Waals surface area contributed by atoms with Crippen LogP contribution in [0.3, 0.4) is 0 Å². The highest BCUT2D eigenvalue weighted by atomic mass is 15.1. The predicted molar refractivity (Wildman–Crippen MR) is 198 cm³/mol. The van der Waals surface area contributed by atoms with Crippen molar-refractivity contribution in [3.63, 3.8) is 0 Å². The van der Waals surface area contributed by atoms with Gasteiger partial charge in [0.25, 0.3) is 0 Å². The zero-order valence-corrected chi connectivity index (χ0v) is 28.1. The molecule has 2 unspecified atom stereocenters. The van der Waals surface area contributed by atoms with Crippen LogP contribution < -0.4 is 4.90 Å². The van der Waals surface area contributed by atoms with Crippen LogP contribution in [0.5, 0.6) is 0 Å². The molecule has 0 bridgehead atoms. The van der Waals surface area contributed by atoms with Crippen LogP contribution in [0.25, 0.3) is 0 Å². The summed E-state index contributed by atoms with van der Waals surface area (Å²) in [6.07, 6.45) is 36.6. The highest BCUT2D eigenvalue weighted by Gasteiger charge is 2.66. The van der Waals surface area contributed by atoms with Crippen molar-refractivity contribution in [3.05, 3.63) is 190 Å². The van der Waals surface area contributed by atoms with Gasteiger partial charge in [0.05, 0.1) is 5.41 Å². The maximum Gasteiger partial charge on any atom is 0.0699 e. The van der Waals surface area contributed by atoms with Crippen LogP contribution in [0.4, 0.5) is 5.69 Å². The molecule has 1 heteroatoms. The zero-order valence-electron chi connectivity index (χ0n) is 28.1. The van der Waals surface area contributed by atoms with Crippen molar-refractivity contribution in [2.24, 2.45) is 5.92 Å². The van der Waals surface area contributed by atoms with Crippen LogP contribution in [0.1, 0.15) is 70.6 Å². The number of benzene rings is 2. The quantitative estimate of drug-likeness (QED) is 0.133. The fraction of sp³-hybridized carbons (Fsp3) is 0.267. The fourth-order valence-electron chi connectivity index (χ4n) is 7.87. The monoisotopic (exact) mass is 601 g/mol. The Kier molecular flexibility index (Phi) is 9.16. The third-order valence-corrected chi connectivity index (χ3v) is 9.97. The summed E-state index contributed by atoms with van der Waals surface area (Å²) in [5, 5.41) is 0. The summed E-state index contributed by atoms with van der Waals surface area (Å²) < 4.78 is 0. The number of allylic oxidation sites excluding steroid dienone is 17. The standard InChI is InChI=1S/C45H47N/c1-6-9-10-17-28-40-43-44(4,5)39-29-20-30-41(42(39)45(40,43)37-26-15-12-16-27-37)46(38(21-7-2)33-34-22-18-19-23-34)32-31-35(8-3)36-24-13-11-14-25-36/h6-7,9,11-22,24,26-31,33,36H,8,10,25,32H2,1-5H3/b9-6?,21-7-,28-17-,35-31+,38-33+. The summed E-state index contributed by atoms with van der Waals surface area (Å²) in [5.41, 5.74) is 15.4. The molecule has 0 saturated heterocycles. The molecule has 2 aromatic carbocycles. The third-order valence-electron chi connectivity index (χ3n) is 9.97. The van der Waals surface area contributed by atoms with Crippen molar-refractivity contribution in [3.8, 4) is 0 Å². The van der Waals surface area contributed by atoms with Gasteiger partial charge in [0.15, 0.2) is 0 Å². The molecule has 232 valence electrons. The molecule has 0 heterocycles. The molecule has 4 aliphatic carbocycles. The van der Waals surface area contributed by atoms with Crippen molar-refractivity contribution < 1.29 is 0 Å². The molecular formula is C45H47N. The van der Waals surface area contributed by atoms with E-state index < -0.39 is 0 Å². The van der Waals surface area contributed by atoms with Crippen LogP contribution in [-0.4, -0.2) is 6.54 Å². The molecule has 2 aromatic rings. The first-order valence-electron chi connectivity index (χ1n) is 17.0. The SMILES string of the molecule is CC=CC/C=C\C1=C2C(C)(C)c3cccc(N(C/C=C(\CC)C4C=CC=CC4)C(/C=C\C)=C/C4=C=CC=C4)c3C12c1ccccc1. The van der Waals surface area contributed by atoms with Crippen LogP contribution in [0.15, 0.2) is 173 Å². The smallest absolute Gasteiger partial charge is 0.0699 e. The minimum absolute atomic E-state index is 0.0826. The Morgan fingerprint density at radius 3 is 2.52 bits per heavy atom. The highest BCUT2D eigenvalue weighted by Crippen LogP contribution is 2.73. The van der Waals surface area contributed by atoms with Gasteiger partial charge >= 0.3 is 0 Å². The van der Waals surface area contributed by atoms with Crippen LogP contribution >= 0.6 is 0 Å². The maximum atomic E-state index is 3.42. The largest absolute Gasteiger partial charge is 0.337 e. The van der Waals surface area contributed by atoms with Crippen molar-refractivity contribution in [1.29, 1.82) is 0 Å². The van der Waals surface area contributed by atoms with E-state index in [1.807, 2.05) is 6.08 Å². The summed E-state index contributed by atoms with van der Waals surface area (Å²) in [4.78, 5) is 2.56. The second kappa shape index (κ2) is 13.4. The fourth-order valence-corrected chi connectivity index (χ4v) is 7.87. The van der Waals surface area contributed by atoms with Crippen LogP contribution in [0.2, 0.25) is 0 Å². The molecule has 0 fully saturated rings. The minimum Gasteiger partial charge on any atom is -0.337 e.